The Bertz CT molecular complexity index is 305. The highest BCUT2D eigenvalue weighted by Gasteiger charge is 1.97. The first-order valence-corrected chi connectivity index (χ1v) is 9.68. The Labute approximate surface area is 144 Å². The summed E-state index contributed by atoms with van der Waals surface area (Å²) in [5.74, 6) is -0.0956. The fraction of sp³-hybridized carbons (Fsp3) is 0.762. The Morgan fingerprint density at radius 3 is 1.74 bits per heavy atom. The molecule has 0 saturated heterocycles. The molecule has 0 aliphatic carbocycles. The summed E-state index contributed by atoms with van der Waals surface area (Å²) in [7, 11) is 1.45. The Morgan fingerprint density at radius 1 is 0.696 bits per heavy atom. The fourth-order valence-corrected chi connectivity index (χ4v) is 2.50. The van der Waals surface area contributed by atoms with Gasteiger partial charge in [-0.1, -0.05) is 63.3 Å². The highest BCUT2D eigenvalue weighted by molar-refractivity contribution is 5.68. The zero-order valence-corrected chi connectivity index (χ0v) is 15.5. The van der Waals surface area contributed by atoms with E-state index in [2.05, 4.69) is 36.0 Å². The molecule has 23 heavy (non-hydrogen) atoms. The summed E-state index contributed by atoms with van der Waals surface area (Å²) in [6, 6.07) is 0. The monoisotopic (exact) mass is 322 g/mol. The number of rotatable bonds is 16. The van der Waals surface area contributed by atoms with Crippen molar-refractivity contribution in [2.24, 2.45) is 0 Å². The summed E-state index contributed by atoms with van der Waals surface area (Å²) in [6.07, 6.45) is 26.0. The second-order valence-corrected chi connectivity index (χ2v) is 6.25. The minimum Gasteiger partial charge on any atom is -0.469 e. The number of carbonyl (C=O) groups is 1. The Balaban J connectivity index is 3.20. The van der Waals surface area contributed by atoms with Gasteiger partial charge in [-0.15, -0.1) is 0 Å². The predicted molar refractivity (Wildman–Crippen MR) is 101 cm³/mol. The second kappa shape index (κ2) is 19.0. The van der Waals surface area contributed by atoms with Gasteiger partial charge in [0.05, 0.1) is 7.11 Å². The van der Waals surface area contributed by atoms with Crippen LogP contribution in [-0.4, -0.2) is 13.1 Å². The van der Waals surface area contributed by atoms with Gasteiger partial charge < -0.3 is 4.74 Å². The summed E-state index contributed by atoms with van der Waals surface area (Å²) >= 11 is 0. The highest BCUT2D eigenvalue weighted by atomic mass is 16.5. The lowest BCUT2D eigenvalue weighted by Gasteiger charge is -1.98. The van der Waals surface area contributed by atoms with Crippen molar-refractivity contribution in [3.05, 3.63) is 24.3 Å². The molecule has 0 amide bonds. The number of hydrogen-bond acceptors (Lipinski definition) is 2. The van der Waals surface area contributed by atoms with Crippen LogP contribution in [0.4, 0.5) is 0 Å². The highest BCUT2D eigenvalue weighted by Crippen LogP contribution is 2.08. The molecule has 0 aromatic rings. The van der Waals surface area contributed by atoms with Crippen LogP contribution >= 0.6 is 0 Å². The minimum absolute atomic E-state index is 0.0956. The van der Waals surface area contributed by atoms with Gasteiger partial charge in [0, 0.05) is 6.42 Å². The zero-order chi connectivity index (χ0) is 17.0. The number of unbranched alkanes of at least 4 members (excludes halogenated alkanes) is 10. The maximum Gasteiger partial charge on any atom is 0.305 e. The van der Waals surface area contributed by atoms with E-state index in [0.29, 0.717) is 6.42 Å². The molecule has 134 valence electrons. The molecule has 0 aromatic heterocycles. The van der Waals surface area contributed by atoms with Crippen molar-refractivity contribution in [2.75, 3.05) is 7.11 Å². The molecule has 0 aliphatic heterocycles. The lowest BCUT2D eigenvalue weighted by atomic mass is 10.1. The first kappa shape index (κ1) is 21.9. The lowest BCUT2D eigenvalue weighted by molar-refractivity contribution is -0.140. The van der Waals surface area contributed by atoms with Crippen LogP contribution in [0.3, 0.4) is 0 Å². The maximum atomic E-state index is 10.9. The zero-order valence-electron chi connectivity index (χ0n) is 15.5. The van der Waals surface area contributed by atoms with Crippen LogP contribution in [0.1, 0.15) is 96.8 Å². The maximum absolute atomic E-state index is 10.9. The van der Waals surface area contributed by atoms with Crippen molar-refractivity contribution in [1.82, 2.24) is 0 Å². The summed E-state index contributed by atoms with van der Waals surface area (Å²) in [6.45, 7) is 2.27. The number of esters is 1. The number of methoxy groups -OCH3 is 1. The van der Waals surface area contributed by atoms with Crippen molar-refractivity contribution < 1.29 is 9.53 Å². The van der Waals surface area contributed by atoms with E-state index in [1.54, 1.807) is 0 Å². The molecule has 0 fully saturated rings. The Kier molecular flexibility index (Phi) is 18.1. The molecule has 0 aliphatic rings. The number of ether oxygens (including phenoxy) is 1. The van der Waals surface area contributed by atoms with Crippen LogP contribution < -0.4 is 0 Å². The van der Waals surface area contributed by atoms with E-state index in [4.69, 9.17) is 0 Å². The van der Waals surface area contributed by atoms with Crippen molar-refractivity contribution in [3.63, 3.8) is 0 Å². The van der Waals surface area contributed by atoms with Gasteiger partial charge in [-0.2, -0.15) is 0 Å². The molecule has 0 saturated carbocycles. The Hall–Kier alpha value is -1.05. The summed E-state index contributed by atoms with van der Waals surface area (Å²) in [4.78, 5) is 10.9. The van der Waals surface area contributed by atoms with Crippen LogP contribution in [0, 0.1) is 0 Å². The van der Waals surface area contributed by atoms with Crippen LogP contribution in [0.5, 0.6) is 0 Å². The normalized spacial score (nSPS) is 11.6. The van der Waals surface area contributed by atoms with E-state index in [1.165, 1.54) is 71.3 Å². The van der Waals surface area contributed by atoms with Gasteiger partial charge in [0.15, 0.2) is 0 Å². The van der Waals surface area contributed by atoms with E-state index >= 15 is 0 Å². The summed E-state index contributed by atoms with van der Waals surface area (Å²) in [5.41, 5.74) is 0. The van der Waals surface area contributed by atoms with Gasteiger partial charge in [-0.3, -0.25) is 4.79 Å². The van der Waals surface area contributed by atoms with E-state index in [1.807, 2.05) is 0 Å². The molecule has 2 heteroatoms. The van der Waals surface area contributed by atoms with Crippen molar-refractivity contribution in [3.8, 4) is 0 Å². The number of allylic oxidation sites excluding steroid dienone is 4. The van der Waals surface area contributed by atoms with Crippen molar-refractivity contribution >= 4 is 5.97 Å². The van der Waals surface area contributed by atoms with Crippen LogP contribution in [0.15, 0.2) is 24.3 Å². The molecule has 0 unspecified atom stereocenters. The van der Waals surface area contributed by atoms with Gasteiger partial charge in [0.2, 0.25) is 0 Å². The lowest BCUT2D eigenvalue weighted by Crippen LogP contribution is -1.98. The average Bonchev–Trinajstić information content (AvgIpc) is 2.57. The predicted octanol–water partition coefficient (Wildman–Crippen LogP) is 6.75. The van der Waals surface area contributed by atoms with Gasteiger partial charge in [-0.25, -0.2) is 0 Å². The number of hydrogen-bond donors (Lipinski definition) is 0. The average molecular weight is 323 g/mol. The molecule has 0 radical (unpaired) electrons. The smallest absolute Gasteiger partial charge is 0.305 e. The van der Waals surface area contributed by atoms with Crippen molar-refractivity contribution in [2.45, 2.75) is 96.8 Å². The molecule has 0 heterocycles. The SMILES string of the molecule is CCCCCCCCC=CCCCC=CCCCCC(=O)OC. The van der Waals surface area contributed by atoms with E-state index in [9.17, 15) is 4.79 Å². The van der Waals surface area contributed by atoms with Gasteiger partial charge >= 0.3 is 5.97 Å². The second-order valence-electron chi connectivity index (χ2n) is 6.25. The summed E-state index contributed by atoms with van der Waals surface area (Å²) < 4.78 is 4.62. The molecule has 0 bridgehead atoms. The molecule has 0 rings (SSSR count). The first-order valence-electron chi connectivity index (χ1n) is 9.68. The Morgan fingerprint density at radius 2 is 1.17 bits per heavy atom. The topological polar surface area (TPSA) is 26.3 Å². The van der Waals surface area contributed by atoms with Crippen LogP contribution in [-0.2, 0) is 9.53 Å². The quantitative estimate of drug-likeness (QED) is 0.178. The summed E-state index contributed by atoms with van der Waals surface area (Å²) in [5, 5.41) is 0. The third-order valence-electron chi connectivity index (χ3n) is 4.03. The third kappa shape index (κ3) is 18.9. The molecule has 0 spiro atoms. The molecule has 0 atom stereocenters. The molecule has 0 N–H and O–H groups in total. The standard InChI is InChI=1S/C21H38O2/c1-3-4-5-6-7-8-9-10-11-12-13-14-15-16-17-18-19-20-21(22)23-2/h10-11,15-16H,3-9,12-14,17-20H2,1-2H3. The minimum atomic E-state index is -0.0956. The van der Waals surface area contributed by atoms with Crippen molar-refractivity contribution in [1.29, 1.82) is 0 Å². The van der Waals surface area contributed by atoms with E-state index < -0.39 is 0 Å². The fourth-order valence-electron chi connectivity index (χ4n) is 2.50. The van der Waals surface area contributed by atoms with E-state index in [0.717, 1.165) is 19.3 Å². The third-order valence-corrected chi connectivity index (χ3v) is 4.03. The van der Waals surface area contributed by atoms with Crippen LogP contribution in [0.2, 0.25) is 0 Å². The number of carbonyl (C=O) groups excluding carboxylic acids is 1. The van der Waals surface area contributed by atoms with Gasteiger partial charge in [0.25, 0.3) is 0 Å². The molecule has 2 nitrogen and oxygen atoms in total. The molecule has 0 aromatic carbocycles. The van der Waals surface area contributed by atoms with Gasteiger partial charge in [-0.05, 0) is 51.4 Å². The van der Waals surface area contributed by atoms with Gasteiger partial charge in [0.1, 0.15) is 0 Å². The molecular formula is C21H38O2. The first-order chi connectivity index (χ1) is 11.3. The molecular weight excluding hydrogens is 284 g/mol. The van der Waals surface area contributed by atoms with E-state index in [-0.39, 0.29) is 5.97 Å². The van der Waals surface area contributed by atoms with Crippen LogP contribution in [0.25, 0.3) is 0 Å². The largest absolute Gasteiger partial charge is 0.469 e.